The van der Waals surface area contributed by atoms with Gasteiger partial charge in [-0.3, -0.25) is 10.1 Å². The molecule has 0 radical (unpaired) electrons. The predicted octanol–water partition coefficient (Wildman–Crippen LogP) is 3.23. The van der Waals surface area contributed by atoms with Crippen LogP contribution >= 0.6 is 0 Å². The number of esters is 2. The summed E-state index contributed by atoms with van der Waals surface area (Å²) < 4.78 is 10.1. The third-order valence-corrected chi connectivity index (χ3v) is 3.95. The Hall–Kier alpha value is -4.67. The van der Waals surface area contributed by atoms with Crippen molar-refractivity contribution >= 4 is 29.8 Å². The number of hydrogen-bond donors (Lipinski definition) is 1. The van der Waals surface area contributed by atoms with E-state index in [-0.39, 0.29) is 29.4 Å². The standard InChI is InChI=1S/C21H17N5O6/c1-2-31-19(27)16-12-22-21(23-13-16)25-24-11-14-3-9-18(10-4-14)32-20(28)15-5-7-17(8-6-15)26(29)30/h3-13H,2H2,1H3,(H,22,23,25). The van der Waals surface area contributed by atoms with Crippen LogP contribution in [-0.4, -0.2) is 39.7 Å². The van der Waals surface area contributed by atoms with Crippen LogP contribution in [0, 0.1) is 10.1 Å². The van der Waals surface area contributed by atoms with Crippen LogP contribution in [0.5, 0.6) is 5.75 Å². The van der Waals surface area contributed by atoms with Gasteiger partial charge in [0.15, 0.2) is 0 Å². The van der Waals surface area contributed by atoms with Crippen LogP contribution < -0.4 is 10.2 Å². The lowest BCUT2D eigenvalue weighted by atomic mass is 10.2. The number of ether oxygens (including phenoxy) is 2. The summed E-state index contributed by atoms with van der Waals surface area (Å²) in [5, 5.41) is 14.7. The number of rotatable bonds is 8. The molecule has 32 heavy (non-hydrogen) atoms. The Morgan fingerprint density at radius 1 is 1.03 bits per heavy atom. The molecule has 2 aromatic carbocycles. The minimum absolute atomic E-state index is 0.112. The largest absolute Gasteiger partial charge is 0.462 e. The van der Waals surface area contributed by atoms with E-state index in [1.807, 2.05) is 0 Å². The molecular formula is C21H17N5O6. The summed E-state index contributed by atoms with van der Waals surface area (Å²) in [7, 11) is 0. The number of carbonyl (C=O) groups excluding carboxylic acids is 2. The first-order valence-corrected chi connectivity index (χ1v) is 9.31. The third kappa shape index (κ3) is 5.92. The molecule has 0 bridgehead atoms. The number of anilines is 1. The van der Waals surface area contributed by atoms with Crippen LogP contribution in [0.3, 0.4) is 0 Å². The molecule has 0 atom stereocenters. The number of nitro benzene ring substituents is 1. The van der Waals surface area contributed by atoms with Crippen LogP contribution in [-0.2, 0) is 4.74 Å². The predicted molar refractivity (Wildman–Crippen MR) is 114 cm³/mol. The maximum absolute atomic E-state index is 12.1. The molecule has 11 nitrogen and oxygen atoms in total. The summed E-state index contributed by atoms with van der Waals surface area (Å²) >= 11 is 0. The van der Waals surface area contributed by atoms with E-state index in [2.05, 4.69) is 20.5 Å². The third-order valence-electron chi connectivity index (χ3n) is 3.95. The molecule has 1 aromatic heterocycles. The van der Waals surface area contributed by atoms with E-state index < -0.39 is 16.9 Å². The highest BCUT2D eigenvalue weighted by Crippen LogP contribution is 2.16. The average molecular weight is 435 g/mol. The first kappa shape index (κ1) is 22.0. The molecule has 0 aliphatic carbocycles. The topological polar surface area (TPSA) is 146 Å². The Morgan fingerprint density at radius 3 is 2.28 bits per heavy atom. The molecule has 162 valence electrons. The molecule has 3 rings (SSSR count). The highest BCUT2D eigenvalue weighted by Gasteiger charge is 2.11. The lowest BCUT2D eigenvalue weighted by Gasteiger charge is -2.04. The normalized spacial score (nSPS) is 10.5. The number of hydrogen-bond acceptors (Lipinski definition) is 10. The molecular weight excluding hydrogens is 418 g/mol. The Balaban J connectivity index is 1.54. The number of non-ortho nitro benzene ring substituents is 1. The molecule has 0 saturated heterocycles. The van der Waals surface area contributed by atoms with Crippen molar-refractivity contribution in [3.8, 4) is 5.75 Å². The Kier molecular flexibility index (Phi) is 7.15. The summed E-state index contributed by atoms with van der Waals surface area (Å²) in [4.78, 5) is 41.8. The number of benzene rings is 2. The molecule has 0 spiro atoms. The lowest BCUT2D eigenvalue weighted by molar-refractivity contribution is -0.384. The fourth-order valence-corrected chi connectivity index (χ4v) is 2.38. The van der Waals surface area contributed by atoms with Crippen molar-refractivity contribution in [2.24, 2.45) is 5.10 Å². The van der Waals surface area contributed by atoms with Gasteiger partial charge >= 0.3 is 11.9 Å². The van der Waals surface area contributed by atoms with Gasteiger partial charge in [-0.2, -0.15) is 5.10 Å². The van der Waals surface area contributed by atoms with Crippen LogP contribution in [0.1, 0.15) is 33.2 Å². The summed E-state index contributed by atoms with van der Waals surface area (Å²) in [6.45, 7) is 1.97. The van der Waals surface area contributed by atoms with Gasteiger partial charge in [0.1, 0.15) is 5.75 Å². The number of nitrogens with zero attached hydrogens (tertiary/aromatic N) is 4. The molecule has 0 amide bonds. The van der Waals surface area contributed by atoms with Crippen LogP contribution in [0.25, 0.3) is 0 Å². The van der Waals surface area contributed by atoms with Crippen molar-refractivity contribution in [3.63, 3.8) is 0 Å². The van der Waals surface area contributed by atoms with E-state index in [0.717, 1.165) is 0 Å². The van der Waals surface area contributed by atoms with Gasteiger partial charge < -0.3 is 9.47 Å². The van der Waals surface area contributed by atoms with E-state index in [1.165, 1.54) is 42.9 Å². The van der Waals surface area contributed by atoms with E-state index >= 15 is 0 Å². The van der Waals surface area contributed by atoms with Gasteiger partial charge in [0.05, 0.1) is 28.9 Å². The van der Waals surface area contributed by atoms with Crippen LogP contribution in [0.2, 0.25) is 0 Å². The first-order valence-electron chi connectivity index (χ1n) is 9.31. The zero-order chi connectivity index (χ0) is 22.9. The van der Waals surface area contributed by atoms with Gasteiger partial charge in [0, 0.05) is 24.5 Å². The van der Waals surface area contributed by atoms with Crippen LogP contribution in [0.4, 0.5) is 11.6 Å². The zero-order valence-electron chi connectivity index (χ0n) is 16.8. The smallest absolute Gasteiger partial charge is 0.343 e. The number of hydrazone groups is 1. The van der Waals surface area contributed by atoms with Gasteiger partial charge in [-0.15, -0.1) is 0 Å². The van der Waals surface area contributed by atoms with Crippen molar-refractivity contribution in [2.75, 3.05) is 12.0 Å². The van der Waals surface area contributed by atoms with Gasteiger partial charge in [-0.1, -0.05) is 0 Å². The fraction of sp³-hybridized carbons (Fsp3) is 0.0952. The van der Waals surface area contributed by atoms with Crippen LogP contribution in [0.15, 0.2) is 66.0 Å². The zero-order valence-corrected chi connectivity index (χ0v) is 16.8. The molecule has 1 heterocycles. The molecule has 0 aliphatic rings. The van der Waals surface area contributed by atoms with Crippen molar-refractivity contribution in [3.05, 3.63) is 87.7 Å². The minimum atomic E-state index is -0.633. The SMILES string of the molecule is CCOC(=O)c1cnc(NN=Cc2ccc(OC(=O)c3ccc([N+](=O)[O-])cc3)cc2)nc1. The summed E-state index contributed by atoms with van der Waals surface area (Å²) in [5.41, 5.74) is 3.66. The average Bonchev–Trinajstić information content (AvgIpc) is 2.81. The highest BCUT2D eigenvalue weighted by atomic mass is 16.6. The summed E-state index contributed by atoms with van der Waals surface area (Å²) in [5.74, 6) is -0.636. The number of nitro groups is 1. The molecule has 3 aromatic rings. The van der Waals surface area contributed by atoms with Crippen molar-refractivity contribution in [1.82, 2.24) is 9.97 Å². The summed E-state index contributed by atoms with van der Waals surface area (Å²) in [6, 6.07) is 11.6. The minimum Gasteiger partial charge on any atom is -0.462 e. The number of carbonyl (C=O) groups is 2. The highest BCUT2D eigenvalue weighted by molar-refractivity contribution is 5.91. The van der Waals surface area contributed by atoms with Gasteiger partial charge in [0.25, 0.3) is 5.69 Å². The van der Waals surface area contributed by atoms with E-state index in [1.54, 1.807) is 31.2 Å². The second-order valence-corrected chi connectivity index (χ2v) is 6.15. The number of aromatic nitrogens is 2. The molecule has 0 fully saturated rings. The van der Waals surface area contributed by atoms with E-state index in [0.29, 0.717) is 11.3 Å². The van der Waals surface area contributed by atoms with Gasteiger partial charge in [-0.25, -0.2) is 25.0 Å². The molecule has 0 unspecified atom stereocenters. The maximum Gasteiger partial charge on any atom is 0.343 e. The van der Waals surface area contributed by atoms with Crippen molar-refractivity contribution in [1.29, 1.82) is 0 Å². The summed E-state index contributed by atoms with van der Waals surface area (Å²) in [6.07, 6.45) is 4.17. The molecule has 0 aliphatic heterocycles. The second kappa shape index (κ2) is 10.4. The Bertz CT molecular complexity index is 1130. The molecule has 1 N–H and O–H groups in total. The van der Waals surface area contributed by atoms with Crippen molar-refractivity contribution in [2.45, 2.75) is 6.92 Å². The quantitative estimate of drug-likeness (QED) is 0.185. The van der Waals surface area contributed by atoms with Crippen molar-refractivity contribution < 1.29 is 24.0 Å². The first-order chi connectivity index (χ1) is 15.5. The lowest BCUT2D eigenvalue weighted by Crippen LogP contribution is -2.08. The van der Waals surface area contributed by atoms with E-state index in [9.17, 15) is 19.7 Å². The van der Waals surface area contributed by atoms with Gasteiger partial charge in [-0.05, 0) is 48.9 Å². The second-order valence-electron chi connectivity index (χ2n) is 6.15. The van der Waals surface area contributed by atoms with Gasteiger partial charge in [0.2, 0.25) is 5.95 Å². The molecule has 11 heteroatoms. The molecule has 0 saturated carbocycles. The Labute approximate surface area is 181 Å². The maximum atomic E-state index is 12.1. The fourth-order valence-electron chi connectivity index (χ4n) is 2.38. The van der Waals surface area contributed by atoms with E-state index in [4.69, 9.17) is 9.47 Å². The Morgan fingerprint density at radius 2 is 1.69 bits per heavy atom. The monoisotopic (exact) mass is 435 g/mol. The number of nitrogens with one attached hydrogen (secondary N) is 1.